The highest BCUT2D eigenvalue weighted by molar-refractivity contribution is 4.99. The molecule has 0 radical (unpaired) electrons. The molecule has 3 saturated heterocycles. The van der Waals surface area contributed by atoms with Crippen molar-refractivity contribution in [3.63, 3.8) is 0 Å². The van der Waals surface area contributed by atoms with Crippen LogP contribution in [0.15, 0.2) is 0 Å². The van der Waals surface area contributed by atoms with Gasteiger partial charge in [0, 0.05) is 0 Å². The number of hydrogen-bond donors (Lipinski definition) is 1. The Kier molecular flexibility index (Phi) is 2.75. The van der Waals surface area contributed by atoms with Gasteiger partial charge in [0.05, 0.1) is 12.6 Å². The second-order valence-corrected chi connectivity index (χ2v) is 6.01. The van der Waals surface area contributed by atoms with E-state index in [1.54, 1.807) is 0 Å². The van der Waals surface area contributed by atoms with Crippen molar-refractivity contribution in [2.45, 2.75) is 69.9 Å². The van der Waals surface area contributed by atoms with Crippen molar-refractivity contribution >= 4 is 0 Å². The molecular weight excluding hydrogens is 238 g/mol. The Morgan fingerprint density at radius 2 is 1.67 bits per heavy atom. The molecule has 6 heteroatoms. The Morgan fingerprint density at radius 1 is 0.944 bits per heavy atom. The zero-order chi connectivity index (χ0) is 13.1. The summed E-state index contributed by atoms with van der Waals surface area (Å²) in [6.45, 7) is 7.95. The van der Waals surface area contributed by atoms with E-state index < -0.39 is 17.9 Å². The van der Waals surface area contributed by atoms with Crippen molar-refractivity contribution in [1.29, 1.82) is 0 Å². The molecule has 3 rings (SSSR count). The molecule has 0 spiro atoms. The van der Waals surface area contributed by atoms with Crippen molar-refractivity contribution in [1.82, 2.24) is 0 Å². The van der Waals surface area contributed by atoms with Gasteiger partial charge in [0.25, 0.3) is 0 Å². The molecule has 0 aromatic rings. The second-order valence-electron chi connectivity index (χ2n) is 6.01. The van der Waals surface area contributed by atoms with Crippen LogP contribution in [0.1, 0.15) is 27.7 Å². The fourth-order valence-electron chi connectivity index (χ4n) is 2.77. The first-order chi connectivity index (χ1) is 8.27. The molecule has 5 atom stereocenters. The SMILES string of the molecule is CC1(C)OCC([C@@H]2O[C@H]3OC(C)(C)O[C@@H]3C2N)O1. The minimum atomic E-state index is -0.635. The van der Waals surface area contributed by atoms with Gasteiger partial charge < -0.3 is 29.4 Å². The van der Waals surface area contributed by atoms with E-state index in [0.717, 1.165) is 0 Å². The molecule has 6 nitrogen and oxygen atoms in total. The van der Waals surface area contributed by atoms with E-state index in [4.69, 9.17) is 29.4 Å². The van der Waals surface area contributed by atoms with Crippen LogP contribution in [-0.2, 0) is 23.7 Å². The molecule has 3 fully saturated rings. The highest BCUT2D eigenvalue weighted by Gasteiger charge is 2.56. The van der Waals surface area contributed by atoms with Gasteiger partial charge in [-0.25, -0.2) is 0 Å². The van der Waals surface area contributed by atoms with Gasteiger partial charge >= 0.3 is 0 Å². The summed E-state index contributed by atoms with van der Waals surface area (Å²) < 4.78 is 28.6. The minimum absolute atomic E-state index is 0.170. The van der Waals surface area contributed by atoms with Crippen LogP contribution in [0.4, 0.5) is 0 Å². The van der Waals surface area contributed by atoms with E-state index in [1.807, 2.05) is 27.7 Å². The Labute approximate surface area is 107 Å². The monoisotopic (exact) mass is 259 g/mol. The number of ether oxygens (including phenoxy) is 5. The zero-order valence-corrected chi connectivity index (χ0v) is 11.2. The van der Waals surface area contributed by atoms with Crippen molar-refractivity contribution in [3.8, 4) is 0 Å². The van der Waals surface area contributed by atoms with Crippen LogP contribution in [0.25, 0.3) is 0 Å². The molecule has 2 unspecified atom stereocenters. The molecule has 0 aliphatic carbocycles. The van der Waals surface area contributed by atoms with Gasteiger partial charge in [-0.2, -0.15) is 0 Å². The fourth-order valence-corrected chi connectivity index (χ4v) is 2.77. The lowest BCUT2D eigenvalue weighted by molar-refractivity contribution is -0.222. The summed E-state index contributed by atoms with van der Waals surface area (Å²) in [5.41, 5.74) is 6.19. The molecule has 3 aliphatic rings. The Hall–Kier alpha value is -0.240. The number of nitrogens with two attached hydrogens (primary N) is 1. The summed E-state index contributed by atoms with van der Waals surface area (Å²) >= 11 is 0. The Bertz CT molecular complexity index is 345. The van der Waals surface area contributed by atoms with Gasteiger partial charge in [-0.3, -0.25) is 0 Å². The molecule has 3 aliphatic heterocycles. The lowest BCUT2D eigenvalue weighted by atomic mass is 10.0. The van der Waals surface area contributed by atoms with E-state index in [2.05, 4.69) is 0 Å². The fraction of sp³-hybridized carbons (Fsp3) is 1.00. The lowest BCUT2D eigenvalue weighted by Crippen LogP contribution is -2.47. The predicted octanol–water partition coefficient (Wildman–Crippen LogP) is 0.342. The second kappa shape index (κ2) is 3.88. The van der Waals surface area contributed by atoms with E-state index >= 15 is 0 Å². The average molecular weight is 259 g/mol. The van der Waals surface area contributed by atoms with Crippen molar-refractivity contribution in [2.75, 3.05) is 6.61 Å². The highest BCUT2D eigenvalue weighted by Crippen LogP contribution is 2.39. The summed E-state index contributed by atoms with van der Waals surface area (Å²) in [6, 6.07) is -0.265. The van der Waals surface area contributed by atoms with Crippen LogP contribution in [0, 0.1) is 0 Å². The molecule has 0 saturated carbocycles. The van der Waals surface area contributed by atoms with E-state index in [9.17, 15) is 0 Å². The van der Waals surface area contributed by atoms with E-state index in [0.29, 0.717) is 6.61 Å². The number of fused-ring (bicyclic) bond motifs is 1. The molecule has 104 valence electrons. The summed E-state index contributed by atoms with van der Waals surface area (Å²) in [4.78, 5) is 0. The van der Waals surface area contributed by atoms with Gasteiger partial charge in [-0.1, -0.05) is 0 Å². The lowest BCUT2D eigenvalue weighted by Gasteiger charge is -2.26. The minimum Gasteiger partial charge on any atom is -0.348 e. The normalized spacial score (nSPS) is 49.5. The largest absolute Gasteiger partial charge is 0.348 e. The van der Waals surface area contributed by atoms with Gasteiger partial charge in [0.15, 0.2) is 17.9 Å². The third-order valence-corrected chi connectivity index (χ3v) is 3.53. The molecule has 0 bridgehead atoms. The topological polar surface area (TPSA) is 72.2 Å². The summed E-state index contributed by atoms with van der Waals surface area (Å²) in [5, 5.41) is 0. The zero-order valence-electron chi connectivity index (χ0n) is 11.2. The first-order valence-corrected chi connectivity index (χ1v) is 6.36. The van der Waals surface area contributed by atoms with Crippen LogP contribution in [0.5, 0.6) is 0 Å². The Balaban J connectivity index is 1.68. The van der Waals surface area contributed by atoms with Crippen LogP contribution in [-0.4, -0.2) is 48.8 Å². The van der Waals surface area contributed by atoms with Gasteiger partial charge in [0.1, 0.15) is 18.3 Å². The van der Waals surface area contributed by atoms with Crippen LogP contribution < -0.4 is 5.73 Å². The van der Waals surface area contributed by atoms with Gasteiger partial charge in [0.2, 0.25) is 0 Å². The summed E-state index contributed by atoms with van der Waals surface area (Å²) in [5.74, 6) is -1.21. The van der Waals surface area contributed by atoms with E-state index in [-0.39, 0.29) is 24.4 Å². The van der Waals surface area contributed by atoms with Crippen molar-refractivity contribution in [3.05, 3.63) is 0 Å². The molecule has 18 heavy (non-hydrogen) atoms. The third-order valence-electron chi connectivity index (χ3n) is 3.53. The first kappa shape index (κ1) is 12.8. The predicted molar refractivity (Wildman–Crippen MR) is 61.6 cm³/mol. The smallest absolute Gasteiger partial charge is 0.189 e. The first-order valence-electron chi connectivity index (χ1n) is 6.36. The standard InChI is InChI=1S/C12H21NO5/c1-11(2)14-5-6(16-11)8-7(13)9-10(15-8)18-12(3,4)17-9/h6-10H,5,13H2,1-4H3/t6?,7?,8-,9+,10-/m0/s1. The number of rotatable bonds is 1. The highest BCUT2D eigenvalue weighted by atomic mass is 16.8. The van der Waals surface area contributed by atoms with Crippen LogP contribution in [0.2, 0.25) is 0 Å². The maximum absolute atomic E-state index is 6.19. The summed E-state index contributed by atoms with van der Waals surface area (Å²) in [7, 11) is 0. The van der Waals surface area contributed by atoms with Crippen molar-refractivity contribution < 1.29 is 23.7 Å². The Morgan fingerprint density at radius 3 is 2.22 bits per heavy atom. The van der Waals surface area contributed by atoms with Crippen LogP contribution in [0.3, 0.4) is 0 Å². The van der Waals surface area contributed by atoms with E-state index in [1.165, 1.54) is 0 Å². The van der Waals surface area contributed by atoms with Crippen LogP contribution >= 0.6 is 0 Å². The molecule has 3 heterocycles. The molecule has 0 aromatic carbocycles. The van der Waals surface area contributed by atoms with Gasteiger partial charge in [-0.05, 0) is 27.7 Å². The molecular formula is C12H21NO5. The quantitative estimate of drug-likeness (QED) is 0.732. The molecule has 0 amide bonds. The number of hydrogen-bond acceptors (Lipinski definition) is 6. The van der Waals surface area contributed by atoms with Gasteiger partial charge in [-0.15, -0.1) is 0 Å². The molecule has 2 N–H and O–H groups in total. The molecule has 0 aromatic heterocycles. The maximum Gasteiger partial charge on any atom is 0.189 e. The third kappa shape index (κ3) is 2.07. The summed E-state index contributed by atoms with van der Waals surface area (Å²) in [6.07, 6.45) is -1.07. The average Bonchev–Trinajstić information content (AvgIpc) is 2.81. The van der Waals surface area contributed by atoms with Crippen molar-refractivity contribution in [2.24, 2.45) is 5.73 Å². The maximum atomic E-state index is 6.19.